The first-order chi connectivity index (χ1) is 13.2. The van der Waals surface area contributed by atoms with E-state index < -0.39 is 47.9 Å². The molecule has 160 valence electrons. The molecule has 0 spiro atoms. The zero-order chi connectivity index (χ0) is 21.3. The van der Waals surface area contributed by atoms with Crippen molar-refractivity contribution in [3.8, 4) is 0 Å². The quantitative estimate of drug-likeness (QED) is 0.205. The number of aliphatic carboxylic acids is 1. The van der Waals surface area contributed by atoms with Crippen molar-refractivity contribution in [1.29, 1.82) is 0 Å². The smallest absolute Gasteiger partial charge is 0.326 e. The third kappa shape index (κ3) is 6.73. The van der Waals surface area contributed by atoms with Crippen LogP contribution >= 0.6 is 0 Å². The van der Waals surface area contributed by atoms with Gasteiger partial charge in [-0.1, -0.05) is 0 Å². The fourth-order valence-corrected chi connectivity index (χ4v) is 3.12. The van der Waals surface area contributed by atoms with E-state index in [2.05, 4.69) is 10.6 Å². The van der Waals surface area contributed by atoms with E-state index in [0.717, 1.165) is 0 Å². The molecule has 0 aromatic heterocycles. The number of carboxylic acid groups (broad SMARTS) is 1. The number of rotatable bonds is 11. The highest BCUT2D eigenvalue weighted by Gasteiger charge is 2.39. The summed E-state index contributed by atoms with van der Waals surface area (Å²) >= 11 is 0. The lowest BCUT2D eigenvalue weighted by Gasteiger charge is -2.30. The van der Waals surface area contributed by atoms with Crippen LogP contribution in [0.25, 0.3) is 0 Å². The Morgan fingerprint density at radius 1 is 1.18 bits per heavy atom. The van der Waals surface area contributed by atoms with Crippen molar-refractivity contribution in [2.45, 2.75) is 63.3 Å². The number of unbranched alkanes of at least 4 members (excludes halogenated alkanes) is 1. The van der Waals surface area contributed by atoms with Gasteiger partial charge in [-0.25, -0.2) is 4.79 Å². The topological polar surface area (TPSA) is 188 Å². The highest BCUT2D eigenvalue weighted by atomic mass is 16.4. The minimum absolute atomic E-state index is 0.238. The van der Waals surface area contributed by atoms with Gasteiger partial charge in [0.25, 0.3) is 0 Å². The van der Waals surface area contributed by atoms with Crippen molar-refractivity contribution in [1.82, 2.24) is 15.5 Å². The number of hydrogen-bond donors (Lipinski definition) is 6. The molecule has 3 amide bonds. The molecule has 0 aliphatic carbocycles. The Bertz CT molecular complexity index is 570. The molecule has 0 bridgehead atoms. The van der Waals surface area contributed by atoms with E-state index in [1.54, 1.807) is 0 Å². The van der Waals surface area contributed by atoms with E-state index in [-0.39, 0.29) is 19.5 Å². The van der Waals surface area contributed by atoms with E-state index in [9.17, 15) is 29.4 Å². The molecule has 11 heteroatoms. The van der Waals surface area contributed by atoms with Gasteiger partial charge in [-0.15, -0.1) is 0 Å². The van der Waals surface area contributed by atoms with Gasteiger partial charge < -0.3 is 37.2 Å². The largest absolute Gasteiger partial charge is 0.480 e. The number of aliphatic hydroxyl groups is 1. The summed E-state index contributed by atoms with van der Waals surface area (Å²) in [4.78, 5) is 49.6. The minimum atomic E-state index is -1.23. The molecule has 0 saturated carbocycles. The van der Waals surface area contributed by atoms with E-state index in [1.165, 1.54) is 11.8 Å². The van der Waals surface area contributed by atoms with Crippen molar-refractivity contribution < 1.29 is 29.4 Å². The summed E-state index contributed by atoms with van der Waals surface area (Å²) in [5, 5.41) is 24.0. The van der Waals surface area contributed by atoms with Crippen LogP contribution in [0.2, 0.25) is 0 Å². The lowest BCUT2D eigenvalue weighted by molar-refractivity contribution is -0.146. The van der Waals surface area contributed by atoms with E-state index in [4.69, 9.17) is 11.5 Å². The number of nitrogens with zero attached hydrogens (tertiary/aromatic N) is 1. The van der Waals surface area contributed by atoms with Crippen LogP contribution in [-0.4, -0.2) is 82.7 Å². The molecule has 0 aromatic rings. The van der Waals surface area contributed by atoms with Gasteiger partial charge in [-0.2, -0.15) is 0 Å². The molecule has 28 heavy (non-hydrogen) atoms. The highest BCUT2D eigenvalue weighted by Crippen LogP contribution is 2.20. The molecule has 4 atom stereocenters. The number of nitrogens with one attached hydrogen (secondary N) is 2. The molecule has 11 nitrogen and oxygen atoms in total. The van der Waals surface area contributed by atoms with Crippen LogP contribution < -0.4 is 22.1 Å². The number of hydrogen-bond acceptors (Lipinski definition) is 7. The Morgan fingerprint density at radius 3 is 2.39 bits per heavy atom. The maximum absolute atomic E-state index is 12.8. The number of carboxylic acids is 1. The van der Waals surface area contributed by atoms with Gasteiger partial charge in [0.2, 0.25) is 17.7 Å². The van der Waals surface area contributed by atoms with Crippen molar-refractivity contribution in [2.75, 3.05) is 19.6 Å². The van der Waals surface area contributed by atoms with E-state index >= 15 is 0 Å². The molecular formula is C17H31N5O6. The average Bonchev–Trinajstić information content (AvgIpc) is 3.14. The zero-order valence-corrected chi connectivity index (χ0v) is 16.1. The third-order valence-corrected chi connectivity index (χ3v) is 4.65. The van der Waals surface area contributed by atoms with Crippen LogP contribution in [0.1, 0.15) is 39.0 Å². The summed E-state index contributed by atoms with van der Waals surface area (Å²) in [7, 11) is 0. The number of amides is 3. The van der Waals surface area contributed by atoms with Gasteiger partial charge in [0.15, 0.2) is 0 Å². The van der Waals surface area contributed by atoms with Crippen molar-refractivity contribution in [3.63, 3.8) is 0 Å². The maximum Gasteiger partial charge on any atom is 0.326 e. The second-order valence-corrected chi connectivity index (χ2v) is 6.86. The lowest BCUT2D eigenvalue weighted by Crippen LogP contribution is -2.58. The third-order valence-electron chi connectivity index (χ3n) is 4.65. The first-order valence-corrected chi connectivity index (χ1v) is 9.44. The normalized spacial score (nSPS) is 19.6. The first-order valence-electron chi connectivity index (χ1n) is 9.44. The molecule has 1 saturated heterocycles. The van der Waals surface area contributed by atoms with Crippen molar-refractivity contribution >= 4 is 23.7 Å². The molecule has 1 aliphatic heterocycles. The summed E-state index contributed by atoms with van der Waals surface area (Å²) in [6.07, 6.45) is 1.16. The van der Waals surface area contributed by atoms with E-state index in [0.29, 0.717) is 32.2 Å². The first kappa shape index (κ1) is 23.8. The number of carbonyl (C=O) groups excluding carboxylic acids is 3. The second-order valence-electron chi connectivity index (χ2n) is 6.86. The minimum Gasteiger partial charge on any atom is -0.480 e. The molecule has 0 radical (unpaired) electrons. The van der Waals surface area contributed by atoms with Crippen LogP contribution in [0.4, 0.5) is 0 Å². The molecular weight excluding hydrogens is 370 g/mol. The van der Waals surface area contributed by atoms with Crippen molar-refractivity contribution in [3.05, 3.63) is 0 Å². The summed E-state index contributed by atoms with van der Waals surface area (Å²) in [6, 6.07) is -3.16. The molecule has 1 heterocycles. The Balaban J connectivity index is 2.83. The Kier molecular flexibility index (Phi) is 9.83. The molecule has 4 unspecified atom stereocenters. The van der Waals surface area contributed by atoms with Gasteiger partial charge in [0.05, 0.1) is 12.6 Å². The van der Waals surface area contributed by atoms with Gasteiger partial charge >= 0.3 is 5.97 Å². The SMILES string of the molecule is CC(O)C(NC(=O)CN)C(=O)N1CCCC1C(=O)NC(CCCCN)C(=O)O. The molecule has 0 aromatic carbocycles. The monoisotopic (exact) mass is 401 g/mol. The lowest BCUT2D eigenvalue weighted by atomic mass is 10.1. The maximum atomic E-state index is 12.8. The van der Waals surface area contributed by atoms with Crippen LogP contribution in [0.3, 0.4) is 0 Å². The van der Waals surface area contributed by atoms with Gasteiger partial charge in [-0.05, 0) is 45.6 Å². The molecule has 8 N–H and O–H groups in total. The molecule has 1 aliphatic rings. The highest BCUT2D eigenvalue weighted by molar-refractivity contribution is 5.94. The summed E-state index contributed by atoms with van der Waals surface area (Å²) < 4.78 is 0. The Morgan fingerprint density at radius 2 is 1.86 bits per heavy atom. The fourth-order valence-electron chi connectivity index (χ4n) is 3.12. The summed E-state index contributed by atoms with van der Waals surface area (Å²) in [5.74, 6) is -2.94. The van der Waals surface area contributed by atoms with Gasteiger partial charge in [0.1, 0.15) is 18.1 Å². The van der Waals surface area contributed by atoms with Crippen molar-refractivity contribution in [2.24, 2.45) is 11.5 Å². The standard InChI is InChI=1S/C17H31N5O6/c1-10(23)14(21-13(24)9-19)16(26)22-8-4-6-12(22)15(25)20-11(17(27)28)5-2-3-7-18/h10-12,14,23H,2-9,18-19H2,1H3,(H,20,25)(H,21,24)(H,27,28). The number of likely N-dealkylation sites (tertiary alicyclic amines) is 1. The summed E-state index contributed by atoms with van der Waals surface area (Å²) in [5.41, 5.74) is 10.6. The van der Waals surface area contributed by atoms with E-state index in [1.807, 2.05) is 0 Å². The second kappa shape index (κ2) is 11.6. The number of carbonyl (C=O) groups is 4. The van der Waals surface area contributed by atoms with Crippen LogP contribution in [0.5, 0.6) is 0 Å². The van der Waals surface area contributed by atoms with Crippen LogP contribution in [0, 0.1) is 0 Å². The molecule has 1 fully saturated rings. The van der Waals surface area contributed by atoms with Crippen LogP contribution in [0.15, 0.2) is 0 Å². The van der Waals surface area contributed by atoms with Gasteiger partial charge in [-0.3, -0.25) is 14.4 Å². The van der Waals surface area contributed by atoms with Crippen LogP contribution in [-0.2, 0) is 19.2 Å². The Hall–Kier alpha value is -2.24. The Labute approximate surface area is 163 Å². The average molecular weight is 401 g/mol. The zero-order valence-electron chi connectivity index (χ0n) is 16.1. The predicted molar refractivity (Wildman–Crippen MR) is 99.9 cm³/mol. The summed E-state index contributed by atoms with van der Waals surface area (Å²) in [6.45, 7) is 1.70. The van der Waals surface area contributed by atoms with Gasteiger partial charge in [0, 0.05) is 6.54 Å². The molecule has 1 rings (SSSR count). The number of nitrogens with two attached hydrogens (primary N) is 2. The number of aliphatic hydroxyl groups excluding tert-OH is 1. The fraction of sp³-hybridized carbons (Fsp3) is 0.765. The predicted octanol–water partition coefficient (Wildman–Crippen LogP) is -2.50.